The van der Waals surface area contributed by atoms with Crippen molar-refractivity contribution in [1.82, 2.24) is 9.78 Å². The van der Waals surface area contributed by atoms with Crippen LogP contribution in [0.1, 0.15) is 72.0 Å². The first-order valence-electron chi connectivity index (χ1n) is 11.3. The molecule has 0 aliphatic carbocycles. The number of hydrogen-bond acceptors (Lipinski definition) is 5. The number of aryl methyl sites for hydroxylation is 4. The molecule has 0 amide bonds. The first kappa shape index (κ1) is 25.1. The smallest absolute Gasteiger partial charge is 0.247 e. The van der Waals surface area contributed by atoms with Crippen LogP contribution in [0.25, 0.3) is 0 Å². The van der Waals surface area contributed by atoms with Gasteiger partial charge in [-0.3, -0.25) is 4.79 Å². The highest BCUT2D eigenvalue weighted by Crippen LogP contribution is 2.26. The molecule has 1 unspecified atom stereocenters. The molecule has 0 radical (unpaired) electrons. The first-order chi connectivity index (χ1) is 14.7. The van der Waals surface area contributed by atoms with E-state index in [2.05, 4.69) is 25.9 Å². The van der Waals surface area contributed by atoms with Gasteiger partial charge in [-0.2, -0.15) is 5.10 Å². The highest BCUT2D eigenvalue weighted by molar-refractivity contribution is 5.79. The maximum Gasteiger partial charge on any atom is 0.247 e. The Kier molecular flexibility index (Phi) is 9.26. The minimum atomic E-state index is -0.897. The Morgan fingerprint density at radius 3 is 2.35 bits per heavy atom. The van der Waals surface area contributed by atoms with Crippen molar-refractivity contribution < 1.29 is 19.7 Å². The molecule has 0 spiro atoms. The summed E-state index contributed by atoms with van der Waals surface area (Å²) < 4.78 is 7.31. The molecule has 2 aromatic rings. The lowest BCUT2D eigenvalue weighted by atomic mass is 9.99. The van der Waals surface area contributed by atoms with Gasteiger partial charge in [0, 0.05) is 6.42 Å². The number of benzene rings is 1. The number of carbonyl (C=O) groups is 1. The number of nitrogens with zero attached hydrogens (tertiary/aromatic N) is 2. The lowest BCUT2D eigenvalue weighted by molar-refractivity contribution is 0.0531. The van der Waals surface area contributed by atoms with Crippen molar-refractivity contribution >= 4 is 5.91 Å². The Hall–Kier alpha value is -2.18. The molecule has 0 fully saturated rings. The van der Waals surface area contributed by atoms with E-state index in [9.17, 15) is 9.90 Å². The van der Waals surface area contributed by atoms with E-state index in [4.69, 9.17) is 9.84 Å². The van der Waals surface area contributed by atoms with Crippen molar-refractivity contribution in [3.8, 4) is 5.75 Å². The van der Waals surface area contributed by atoms with Crippen molar-refractivity contribution in [2.24, 2.45) is 5.92 Å². The third-order valence-corrected chi connectivity index (χ3v) is 5.40. The molecule has 1 heterocycles. The molecule has 1 aromatic heterocycles. The lowest BCUT2D eigenvalue weighted by Crippen LogP contribution is -2.21. The Morgan fingerprint density at radius 1 is 1.16 bits per heavy atom. The molecule has 0 aliphatic rings. The van der Waals surface area contributed by atoms with E-state index in [-0.39, 0.29) is 19.1 Å². The fourth-order valence-electron chi connectivity index (χ4n) is 3.98. The summed E-state index contributed by atoms with van der Waals surface area (Å²) in [5, 5.41) is 23.1. The van der Waals surface area contributed by atoms with Crippen LogP contribution in [0.3, 0.4) is 0 Å². The Balaban J connectivity index is 2.14. The summed E-state index contributed by atoms with van der Waals surface area (Å²) in [4.78, 5) is 13.0. The summed E-state index contributed by atoms with van der Waals surface area (Å²) in [6.45, 7) is 12.1. The fraction of sp³-hybridized carbons (Fsp3) is 0.600. The molecule has 2 rings (SSSR count). The largest absolute Gasteiger partial charge is 0.490 e. The van der Waals surface area contributed by atoms with Crippen LogP contribution in [0.2, 0.25) is 0 Å². The van der Waals surface area contributed by atoms with Crippen LogP contribution >= 0.6 is 0 Å². The van der Waals surface area contributed by atoms with Crippen LogP contribution in [0, 0.1) is 26.7 Å². The van der Waals surface area contributed by atoms with E-state index < -0.39 is 6.10 Å². The average Bonchev–Trinajstić information content (AvgIpc) is 3.00. The van der Waals surface area contributed by atoms with Gasteiger partial charge in [0.05, 0.1) is 18.0 Å². The van der Waals surface area contributed by atoms with Gasteiger partial charge in [-0.1, -0.05) is 39.3 Å². The van der Waals surface area contributed by atoms with Crippen molar-refractivity contribution in [3.05, 3.63) is 45.8 Å². The van der Waals surface area contributed by atoms with Crippen molar-refractivity contribution in [2.45, 2.75) is 79.8 Å². The summed E-state index contributed by atoms with van der Waals surface area (Å²) in [6.07, 6.45) is 2.91. The molecule has 0 saturated heterocycles. The van der Waals surface area contributed by atoms with Crippen molar-refractivity contribution in [2.75, 3.05) is 13.2 Å². The standard InChI is InChI=1S/C25H38N2O4/c1-7-8-23-22(11-16(2)3)19(6)26-27(23)24(30)10-9-20-12-17(4)25(18(5)13-20)31-15-21(29)14-28/h12-13,16,21,28-29H,7-11,14-15H2,1-6H3. The third-order valence-electron chi connectivity index (χ3n) is 5.40. The summed E-state index contributed by atoms with van der Waals surface area (Å²) >= 11 is 0. The summed E-state index contributed by atoms with van der Waals surface area (Å²) in [5.41, 5.74) is 6.23. The van der Waals surface area contributed by atoms with E-state index in [1.165, 1.54) is 5.56 Å². The van der Waals surface area contributed by atoms with E-state index in [0.29, 0.717) is 24.5 Å². The van der Waals surface area contributed by atoms with E-state index in [1.54, 1.807) is 4.68 Å². The minimum Gasteiger partial charge on any atom is -0.490 e. The molecule has 172 valence electrons. The quantitative estimate of drug-likeness (QED) is 0.564. The zero-order valence-corrected chi connectivity index (χ0v) is 19.9. The Bertz CT molecular complexity index is 863. The molecule has 2 N–H and O–H groups in total. The third kappa shape index (κ3) is 6.65. The molecule has 1 aromatic carbocycles. The second kappa shape index (κ2) is 11.4. The average molecular weight is 431 g/mol. The summed E-state index contributed by atoms with van der Waals surface area (Å²) in [6, 6.07) is 4.04. The van der Waals surface area contributed by atoms with Gasteiger partial charge in [-0.05, 0) is 68.2 Å². The molecular weight excluding hydrogens is 392 g/mol. The van der Waals surface area contributed by atoms with E-state index >= 15 is 0 Å². The zero-order valence-electron chi connectivity index (χ0n) is 19.9. The number of rotatable bonds is 11. The van der Waals surface area contributed by atoms with Gasteiger partial charge in [0.15, 0.2) is 0 Å². The number of aliphatic hydroxyl groups is 2. The maximum absolute atomic E-state index is 13.0. The van der Waals surface area contributed by atoms with Gasteiger partial charge in [0.25, 0.3) is 0 Å². The summed E-state index contributed by atoms with van der Waals surface area (Å²) in [5.74, 6) is 1.27. The maximum atomic E-state index is 13.0. The molecule has 0 aliphatic heterocycles. The van der Waals surface area contributed by atoms with Crippen LogP contribution in [0.4, 0.5) is 0 Å². The van der Waals surface area contributed by atoms with Crippen LogP contribution in [-0.2, 0) is 19.3 Å². The Morgan fingerprint density at radius 2 is 1.81 bits per heavy atom. The predicted octanol–water partition coefficient (Wildman–Crippen LogP) is 3.96. The molecule has 0 saturated carbocycles. The van der Waals surface area contributed by atoms with Crippen molar-refractivity contribution in [3.63, 3.8) is 0 Å². The fourth-order valence-corrected chi connectivity index (χ4v) is 3.98. The number of ether oxygens (including phenoxy) is 1. The molecule has 0 bridgehead atoms. The first-order valence-corrected chi connectivity index (χ1v) is 11.3. The van der Waals surface area contributed by atoms with Crippen molar-refractivity contribution in [1.29, 1.82) is 0 Å². The van der Waals surface area contributed by atoms with Gasteiger partial charge in [-0.25, -0.2) is 4.68 Å². The van der Waals surface area contributed by atoms with Gasteiger partial charge in [0.2, 0.25) is 5.91 Å². The molecule has 6 nitrogen and oxygen atoms in total. The van der Waals surface area contributed by atoms with Gasteiger partial charge in [-0.15, -0.1) is 0 Å². The lowest BCUT2D eigenvalue weighted by Gasteiger charge is -2.16. The topological polar surface area (TPSA) is 84.6 Å². The molecular formula is C25H38N2O4. The predicted molar refractivity (Wildman–Crippen MR) is 123 cm³/mol. The number of aromatic nitrogens is 2. The molecule has 31 heavy (non-hydrogen) atoms. The molecule has 6 heteroatoms. The SMILES string of the molecule is CCCc1c(CC(C)C)c(C)nn1C(=O)CCc1cc(C)c(OCC(O)CO)c(C)c1. The van der Waals surface area contributed by atoms with Crippen LogP contribution in [-0.4, -0.2) is 45.2 Å². The minimum absolute atomic E-state index is 0.0308. The van der Waals surface area contributed by atoms with Crippen LogP contribution in [0.15, 0.2) is 12.1 Å². The van der Waals surface area contributed by atoms with Gasteiger partial charge >= 0.3 is 0 Å². The second-order valence-corrected chi connectivity index (χ2v) is 8.87. The van der Waals surface area contributed by atoms with Crippen LogP contribution in [0.5, 0.6) is 5.75 Å². The van der Waals surface area contributed by atoms with E-state index in [0.717, 1.165) is 47.3 Å². The number of carbonyl (C=O) groups excluding carboxylic acids is 1. The monoisotopic (exact) mass is 430 g/mol. The number of aliphatic hydroxyl groups excluding tert-OH is 2. The van der Waals surface area contributed by atoms with Crippen LogP contribution < -0.4 is 4.74 Å². The second-order valence-electron chi connectivity index (χ2n) is 8.87. The normalized spacial score (nSPS) is 12.4. The highest BCUT2D eigenvalue weighted by Gasteiger charge is 2.20. The highest BCUT2D eigenvalue weighted by atomic mass is 16.5. The zero-order chi connectivity index (χ0) is 23.1. The van der Waals surface area contributed by atoms with E-state index in [1.807, 2.05) is 32.9 Å². The number of hydrogen-bond donors (Lipinski definition) is 2. The Labute approximate surface area is 186 Å². The molecule has 1 atom stereocenters. The van der Waals surface area contributed by atoms with Gasteiger partial charge in [0.1, 0.15) is 18.5 Å². The summed E-state index contributed by atoms with van der Waals surface area (Å²) in [7, 11) is 0. The van der Waals surface area contributed by atoms with Gasteiger partial charge < -0.3 is 14.9 Å².